The Labute approximate surface area is 180 Å². The Hall–Kier alpha value is -1.90. The number of nitrogens with one attached hydrogen (secondary N) is 3. The van der Waals surface area contributed by atoms with Gasteiger partial charge in [-0.3, -0.25) is 15.0 Å². The Morgan fingerprint density at radius 3 is 2.80 bits per heavy atom. The molecule has 2 unspecified atom stereocenters. The van der Waals surface area contributed by atoms with E-state index in [1.54, 1.807) is 0 Å². The van der Waals surface area contributed by atoms with E-state index in [1.165, 1.54) is 12.1 Å². The third kappa shape index (κ3) is 4.26. The van der Waals surface area contributed by atoms with Gasteiger partial charge in [-0.1, -0.05) is 11.6 Å². The minimum Gasteiger partial charge on any atom is -0.484 e. The van der Waals surface area contributed by atoms with Crippen molar-refractivity contribution in [1.82, 2.24) is 21.1 Å². The van der Waals surface area contributed by atoms with E-state index in [2.05, 4.69) is 28.0 Å². The molecule has 2 amide bonds. The SMILES string of the molecule is CC1NN(C)CC1CNC(=O)C12CC(C1)[C@@H](NC(=O)COc1ccc(Cl)c(F)c1)C2. The molecule has 4 fully saturated rings. The Morgan fingerprint density at radius 2 is 2.13 bits per heavy atom. The number of rotatable bonds is 7. The normalized spacial score (nSPS) is 32.5. The van der Waals surface area contributed by atoms with E-state index in [0.717, 1.165) is 25.5 Å². The summed E-state index contributed by atoms with van der Waals surface area (Å²) in [7, 11) is 2.00. The lowest BCUT2D eigenvalue weighted by Gasteiger charge is -2.37. The van der Waals surface area contributed by atoms with E-state index in [1.807, 2.05) is 7.05 Å². The molecule has 0 spiro atoms. The molecule has 3 aliphatic carbocycles. The first-order valence-corrected chi connectivity index (χ1v) is 10.8. The summed E-state index contributed by atoms with van der Waals surface area (Å²) in [6.45, 7) is 3.49. The van der Waals surface area contributed by atoms with Crippen molar-refractivity contribution in [1.29, 1.82) is 0 Å². The van der Waals surface area contributed by atoms with Crippen LogP contribution in [0.3, 0.4) is 0 Å². The molecule has 1 heterocycles. The summed E-state index contributed by atoms with van der Waals surface area (Å²) >= 11 is 5.64. The zero-order chi connectivity index (χ0) is 21.5. The Kier molecular flexibility index (Phi) is 5.92. The van der Waals surface area contributed by atoms with Crippen LogP contribution in [0.5, 0.6) is 5.75 Å². The highest BCUT2D eigenvalue weighted by atomic mass is 35.5. The lowest BCUT2D eigenvalue weighted by molar-refractivity contribution is -0.135. The lowest BCUT2D eigenvalue weighted by atomic mass is 9.69. The molecule has 9 heteroatoms. The maximum Gasteiger partial charge on any atom is 0.258 e. The van der Waals surface area contributed by atoms with E-state index in [4.69, 9.17) is 16.3 Å². The first-order valence-electron chi connectivity index (χ1n) is 10.4. The minimum atomic E-state index is -0.589. The molecule has 1 aromatic carbocycles. The molecule has 1 aromatic rings. The number of carbonyl (C=O) groups excluding carboxylic acids is 2. The lowest BCUT2D eigenvalue weighted by Crippen LogP contribution is -2.47. The molecule has 3 N–H and O–H groups in total. The van der Waals surface area contributed by atoms with Crippen molar-refractivity contribution in [3.63, 3.8) is 0 Å². The van der Waals surface area contributed by atoms with Crippen LogP contribution in [-0.2, 0) is 9.59 Å². The van der Waals surface area contributed by atoms with Crippen LogP contribution >= 0.6 is 11.6 Å². The fourth-order valence-electron chi connectivity index (χ4n) is 5.06. The second-order valence-corrected chi connectivity index (χ2v) is 9.37. The van der Waals surface area contributed by atoms with Gasteiger partial charge < -0.3 is 15.4 Å². The van der Waals surface area contributed by atoms with Crippen LogP contribution in [-0.4, -0.2) is 55.7 Å². The number of amides is 2. The summed E-state index contributed by atoms with van der Waals surface area (Å²) in [5, 5.41) is 8.18. The predicted molar refractivity (Wildman–Crippen MR) is 110 cm³/mol. The van der Waals surface area contributed by atoms with Crippen LogP contribution in [0, 0.1) is 23.1 Å². The number of carbonyl (C=O) groups is 2. The Bertz CT molecular complexity index is 832. The van der Waals surface area contributed by atoms with E-state index in [-0.39, 0.29) is 40.7 Å². The van der Waals surface area contributed by atoms with Crippen LogP contribution < -0.4 is 20.8 Å². The zero-order valence-electron chi connectivity index (χ0n) is 17.2. The molecular formula is C21H28ClFN4O3. The highest BCUT2D eigenvalue weighted by Crippen LogP contribution is 2.58. The van der Waals surface area contributed by atoms with E-state index < -0.39 is 5.82 Å². The monoisotopic (exact) mass is 438 g/mol. The van der Waals surface area contributed by atoms with Gasteiger partial charge in [0.25, 0.3) is 5.91 Å². The molecule has 7 nitrogen and oxygen atoms in total. The molecule has 0 radical (unpaired) electrons. The van der Waals surface area contributed by atoms with Crippen molar-refractivity contribution >= 4 is 23.4 Å². The summed E-state index contributed by atoms with van der Waals surface area (Å²) in [5.74, 6) is 0.204. The van der Waals surface area contributed by atoms with E-state index >= 15 is 0 Å². The topological polar surface area (TPSA) is 82.7 Å². The smallest absolute Gasteiger partial charge is 0.258 e. The number of hydrazine groups is 1. The Balaban J connectivity index is 1.22. The van der Waals surface area contributed by atoms with Gasteiger partial charge in [0, 0.05) is 44.2 Å². The zero-order valence-corrected chi connectivity index (χ0v) is 18.0. The molecular weight excluding hydrogens is 411 g/mol. The largest absolute Gasteiger partial charge is 0.484 e. The molecule has 164 valence electrons. The average Bonchev–Trinajstić information content (AvgIpc) is 3.31. The van der Waals surface area contributed by atoms with Gasteiger partial charge in [0.05, 0.1) is 10.4 Å². The molecule has 1 aliphatic heterocycles. The van der Waals surface area contributed by atoms with Crippen molar-refractivity contribution < 1.29 is 18.7 Å². The molecule has 0 aromatic heterocycles. The second-order valence-electron chi connectivity index (χ2n) is 8.96. The first kappa shape index (κ1) is 21.3. The number of benzene rings is 1. The summed E-state index contributed by atoms with van der Waals surface area (Å²) < 4.78 is 18.8. The van der Waals surface area contributed by atoms with Crippen LogP contribution in [0.2, 0.25) is 5.02 Å². The summed E-state index contributed by atoms with van der Waals surface area (Å²) in [5.41, 5.74) is 2.98. The number of fused-ring (bicyclic) bond motifs is 1. The molecule has 2 bridgehead atoms. The van der Waals surface area contributed by atoms with Gasteiger partial charge in [0.2, 0.25) is 5.91 Å². The van der Waals surface area contributed by atoms with Crippen molar-refractivity contribution in [3.8, 4) is 5.75 Å². The summed E-state index contributed by atoms with van der Waals surface area (Å²) in [4.78, 5) is 25.1. The predicted octanol–water partition coefficient (Wildman–Crippen LogP) is 1.71. The number of nitrogens with zero attached hydrogens (tertiary/aromatic N) is 1. The fourth-order valence-corrected chi connectivity index (χ4v) is 5.18. The molecule has 5 rings (SSSR count). The third-order valence-electron chi connectivity index (χ3n) is 6.74. The summed E-state index contributed by atoms with van der Waals surface area (Å²) in [6.07, 6.45) is 2.28. The quantitative estimate of drug-likeness (QED) is 0.603. The standard InChI is InChI=1S/C21H28ClFN4O3/c1-12-14(10-27(2)26-12)9-24-20(29)21-6-13(7-21)18(8-21)25-19(28)11-30-15-3-4-16(22)17(23)5-15/h3-5,12-14,18,26H,6-11H2,1-2H3,(H,24,29)(H,25,28)/t12?,13?,14?,18-,21?/m0/s1. The van der Waals surface area contributed by atoms with Crippen molar-refractivity contribution in [2.24, 2.45) is 17.3 Å². The Morgan fingerprint density at radius 1 is 1.37 bits per heavy atom. The van der Waals surface area contributed by atoms with E-state index in [9.17, 15) is 14.0 Å². The molecule has 1 saturated heterocycles. The van der Waals surface area contributed by atoms with Crippen molar-refractivity contribution in [3.05, 3.63) is 29.0 Å². The molecule has 4 aliphatic rings. The van der Waals surface area contributed by atoms with Crippen molar-refractivity contribution in [2.45, 2.75) is 38.3 Å². The average molecular weight is 439 g/mol. The van der Waals surface area contributed by atoms with Gasteiger partial charge in [0.1, 0.15) is 11.6 Å². The second kappa shape index (κ2) is 8.32. The van der Waals surface area contributed by atoms with Crippen LogP contribution in [0.1, 0.15) is 26.2 Å². The van der Waals surface area contributed by atoms with Gasteiger partial charge in [-0.05, 0) is 44.2 Å². The fraction of sp³-hybridized carbons (Fsp3) is 0.619. The van der Waals surface area contributed by atoms with Gasteiger partial charge in [0.15, 0.2) is 6.61 Å². The van der Waals surface area contributed by atoms with Crippen LogP contribution in [0.4, 0.5) is 4.39 Å². The van der Waals surface area contributed by atoms with Gasteiger partial charge in [-0.2, -0.15) is 0 Å². The number of halogens is 2. The minimum absolute atomic E-state index is 0.00628. The molecule has 30 heavy (non-hydrogen) atoms. The highest BCUT2D eigenvalue weighted by molar-refractivity contribution is 6.30. The first-order chi connectivity index (χ1) is 14.3. The molecule has 3 atom stereocenters. The highest BCUT2D eigenvalue weighted by Gasteiger charge is 2.60. The maximum absolute atomic E-state index is 13.5. The maximum atomic E-state index is 13.5. The number of hydrogen-bond donors (Lipinski definition) is 3. The third-order valence-corrected chi connectivity index (χ3v) is 7.05. The number of hydrogen-bond acceptors (Lipinski definition) is 5. The van der Waals surface area contributed by atoms with Gasteiger partial charge in [-0.15, -0.1) is 0 Å². The van der Waals surface area contributed by atoms with E-state index in [0.29, 0.717) is 30.8 Å². The van der Waals surface area contributed by atoms with Crippen molar-refractivity contribution in [2.75, 3.05) is 26.7 Å². The van der Waals surface area contributed by atoms with Crippen LogP contribution in [0.25, 0.3) is 0 Å². The number of ether oxygens (including phenoxy) is 1. The van der Waals surface area contributed by atoms with Gasteiger partial charge >= 0.3 is 0 Å². The van der Waals surface area contributed by atoms with Gasteiger partial charge in [-0.25, -0.2) is 9.40 Å². The summed E-state index contributed by atoms with van der Waals surface area (Å²) in [6, 6.07) is 4.38. The van der Waals surface area contributed by atoms with Crippen LogP contribution in [0.15, 0.2) is 18.2 Å². The molecule has 3 saturated carbocycles.